The smallest absolute Gasteiger partial charge is 0.243 e. The molecule has 2 unspecified atom stereocenters. The van der Waals surface area contributed by atoms with Gasteiger partial charge in [-0.25, -0.2) is 13.8 Å². The first-order valence-corrected chi connectivity index (χ1v) is 11.4. The van der Waals surface area contributed by atoms with E-state index in [1.807, 2.05) is 24.3 Å². The van der Waals surface area contributed by atoms with E-state index in [1.54, 1.807) is 23.0 Å². The second-order valence-corrected chi connectivity index (χ2v) is 8.79. The second kappa shape index (κ2) is 9.50. The number of carbonyl (C=O) groups is 2. The highest BCUT2D eigenvalue weighted by molar-refractivity contribution is 6.30. The Morgan fingerprint density at radius 1 is 1.20 bits per heavy atom. The molecular formula is C25H21ClF2N4O3. The number of hydrogen-bond donors (Lipinski definition) is 1. The van der Waals surface area contributed by atoms with Crippen molar-refractivity contribution in [2.75, 3.05) is 6.54 Å². The van der Waals surface area contributed by atoms with Crippen LogP contribution < -0.4 is 5.32 Å². The molecule has 5 rings (SSSR count). The Kier molecular flexibility index (Phi) is 6.25. The number of nitrogens with zero attached hydrogens (tertiary/aromatic N) is 3. The van der Waals surface area contributed by atoms with Crippen molar-refractivity contribution in [3.05, 3.63) is 77.7 Å². The third kappa shape index (κ3) is 4.51. The highest BCUT2D eigenvalue weighted by atomic mass is 35.5. The zero-order valence-corrected chi connectivity index (χ0v) is 19.2. The molecule has 1 N–H and O–H groups in total. The van der Waals surface area contributed by atoms with Crippen LogP contribution in [0.25, 0.3) is 22.2 Å². The number of oxazole rings is 1. The fraction of sp³-hybridized carbons (Fsp3) is 0.240. The van der Waals surface area contributed by atoms with Gasteiger partial charge in [0, 0.05) is 41.2 Å². The lowest BCUT2D eigenvalue weighted by molar-refractivity contribution is -0.139. The molecule has 2 aromatic heterocycles. The average molecular weight is 499 g/mol. The molecule has 7 nitrogen and oxygen atoms in total. The molecule has 0 spiro atoms. The normalized spacial score (nSPS) is 17.7. The van der Waals surface area contributed by atoms with Crippen molar-refractivity contribution in [2.45, 2.75) is 31.7 Å². The third-order valence-electron chi connectivity index (χ3n) is 6.15. The standard InChI is InChI=1S/C25H21ClF2N4O3/c26-19-6-3-4-15(24(19)28)9-30-25(34)21-8-16(27)11-32(21)23(33)13-31-12-18(22-10-29-14-35-22)17-5-1-2-7-20(17)31/h1-7,10,12,14,16,21H,8-9,11,13H2,(H,30,34). The molecule has 180 valence electrons. The van der Waals surface area contributed by atoms with E-state index in [4.69, 9.17) is 16.0 Å². The quantitative estimate of drug-likeness (QED) is 0.429. The minimum Gasteiger partial charge on any atom is -0.443 e. The third-order valence-corrected chi connectivity index (χ3v) is 6.44. The Balaban J connectivity index is 1.34. The summed E-state index contributed by atoms with van der Waals surface area (Å²) in [6.45, 7) is -0.395. The van der Waals surface area contributed by atoms with E-state index >= 15 is 0 Å². The predicted octanol–water partition coefficient (Wildman–Crippen LogP) is 4.34. The maximum absolute atomic E-state index is 14.3. The van der Waals surface area contributed by atoms with Crippen LogP contribution in [0.2, 0.25) is 5.02 Å². The molecule has 2 aromatic carbocycles. The van der Waals surface area contributed by atoms with Gasteiger partial charge in [-0.15, -0.1) is 0 Å². The first-order valence-electron chi connectivity index (χ1n) is 11.0. The van der Waals surface area contributed by atoms with Gasteiger partial charge in [0.1, 0.15) is 24.6 Å². The van der Waals surface area contributed by atoms with Crippen LogP contribution in [0, 0.1) is 5.82 Å². The fourth-order valence-corrected chi connectivity index (χ4v) is 4.65. The van der Waals surface area contributed by atoms with Crippen LogP contribution in [0.4, 0.5) is 8.78 Å². The van der Waals surface area contributed by atoms with E-state index in [1.165, 1.54) is 23.4 Å². The zero-order chi connectivity index (χ0) is 24.5. The summed E-state index contributed by atoms with van der Waals surface area (Å²) in [5.41, 5.74) is 1.77. The van der Waals surface area contributed by atoms with Crippen molar-refractivity contribution in [3.8, 4) is 11.3 Å². The van der Waals surface area contributed by atoms with Gasteiger partial charge in [-0.3, -0.25) is 9.59 Å². The second-order valence-electron chi connectivity index (χ2n) is 8.38. The molecule has 0 aliphatic carbocycles. The van der Waals surface area contributed by atoms with Crippen LogP contribution in [-0.4, -0.2) is 45.0 Å². The largest absolute Gasteiger partial charge is 0.443 e. The molecule has 0 bridgehead atoms. The number of para-hydroxylation sites is 1. The number of halogens is 3. The number of fused-ring (bicyclic) bond motifs is 1. The van der Waals surface area contributed by atoms with Crippen molar-refractivity contribution >= 4 is 34.3 Å². The predicted molar refractivity (Wildman–Crippen MR) is 126 cm³/mol. The summed E-state index contributed by atoms with van der Waals surface area (Å²) in [6, 6.07) is 11.0. The van der Waals surface area contributed by atoms with Gasteiger partial charge in [0.05, 0.1) is 17.8 Å². The average Bonchev–Trinajstić information content (AvgIpc) is 3.59. The number of hydrogen-bond acceptors (Lipinski definition) is 4. The van der Waals surface area contributed by atoms with Gasteiger partial charge in [0.2, 0.25) is 11.8 Å². The Labute approximate surface area is 204 Å². The lowest BCUT2D eigenvalue weighted by Crippen LogP contribution is -2.46. The molecule has 2 amide bonds. The van der Waals surface area contributed by atoms with Crippen molar-refractivity contribution < 1.29 is 22.8 Å². The minimum absolute atomic E-state index is 0.0538. The molecule has 1 fully saturated rings. The van der Waals surface area contributed by atoms with Crippen molar-refractivity contribution in [3.63, 3.8) is 0 Å². The number of rotatable bonds is 6. The van der Waals surface area contributed by atoms with Crippen molar-refractivity contribution in [1.82, 2.24) is 19.8 Å². The lowest BCUT2D eigenvalue weighted by Gasteiger charge is -2.24. The van der Waals surface area contributed by atoms with E-state index in [0.29, 0.717) is 5.76 Å². The fourth-order valence-electron chi connectivity index (χ4n) is 4.45. The lowest BCUT2D eigenvalue weighted by atomic mass is 10.1. The molecular weight excluding hydrogens is 478 g/mol. The Bertz CT molecular complexity index is 1390. The van der Waals surface area contributed by atoms with Crippen LogP contribution in [0.5, 0.6) is 0 Å². The minimum atomic E-state index is -1.33. The van der Waals surface area contributed by atoms with Gasteiger partial charge in [-0.2, -0.15) is 0 Å². The molecule has 1 aliphatic rings. The van der Waals surface area contributed by atoms with E-state index in [2.05, 4.69) is 10.3 Å². The molecule has 3 heterocycles. The summed E-state index contributed by atoms with van der Waals surface area (Å²) >= 11 is 5.79. The summed E-state index contributed by atoms with van der Waals surface area (Å²) < 4.78 is 35.7. The maximum atomic E-state index is 14.3. The number of amides is 2. The van der Waals surface area contributed by atoms with Crippen LogP contribution >= 0.6 is 11.6 Å². The molecule has 0 radical (unpaired) electrons. The number of carbonyl (C=O) groups excluding carboxylic acids is 2. The van der Waals surface area contributed by atoms with E-state index in [0.717, 1.165) is 16.5 Å². The molecule has 10 heteroatoms. The van der Waals surface area contributed by atoms with Gasteiger partial charge in [-0.1, -0.05) is 41.9 Å². The SMILES string of the molecule is O=C(NCc1cccc(Cl)c1F)C1CC(F)CN1C(=O)Cn1cc(-c2cnco2)c2ccccc21. The molecule has 2 atom stereocenters. The molecule has 0 saturated carbocycles. The summed E-state index contributed by atoms with van der Waals surface area (Å²) in [5.74, 6) is -1.01. The van der Waals surface area contributed by atoms with Gasteiger partial charge in [0.25, 0.3) is 0 Å². The van der Waals surface area contributed by atoms with Crippen LogP contribution in [-0.2, 0) is 22.7 Å². The first-order chi connectivity index (χ1) is 16.9. The van der Waals surface area contributed by atoms with E-state index < -0.39 is 29.8 Å². The van der Waals surface area contributed by atoms with E-state index in [9.17, 15) is 18.4 Å². The van der Waals surface area contributed by atoms with Gasteiger partial charge < -0.3 is 19.2 Å². The summed E-state index contributed by atoms with van der Waals surface area (Å²) in [4.78, 5) is 31.3. The summed E-state index contributed by atoms with van der Waals surface area (Å²) in [5, 5.41) is 3.43. The maximum Gasteiger partial charge on any atom is 0.243 e. The first kappa shape index (κ1) is 23.0. The molecule has 1 saturated heterocycles. The number of aromatic nitrogens is 2. The molecule has 1 aliphatic heterocycles. The zero-order valence-electron chi connectivity index (χ0n) is 18.5. The van der Waals surface area contributed by atoms with Crippen molar-refractivity contribution in [1.29, 1.82) is 0 Å². The number of nitrogens with one attached hydrogen (secondary N) is 1. The molecule has 4 aromatic rings. The van der Waals surface area contributed by atoms with Crippen LogP contribution in [0.15, 0.2) is 65.7 Å². The number of likely N-dealkylation sites (tertiary alicyclic amines) is 1. The topological polar surface area (TPSA) is 80.4 Å². The summed E-state index contributed by atoms with van der Waals surface area (Å²) in [6.07, 6.45) is 3.25. The van der Waals surface area contributed by atoms with Gasteiger partial charge in [-0.05, 0) is 12.1 Å². The Hall–Kier alpha value is -3.72. The van der Waals surface area contributed by atoms with Crippen molar-refractivity contribution in [2.24, 2.45) is 0 Å². The van der Waals surface area contributed by atoms with Gasteiger partial charge in [0.15, 0.2) is 12.2 Å². The Morgan fingerprint density at radius 3 is 2.83 bits per heavy atom. The molecule has 35 heavy (non-hydrogen) atoms. The van der Waals surface area contributed by atoms with Gasteiger partial charge >= 0.3 is 0 Å². The number of alkyl halides is 1. The summed E-state index contributed by atoms with van der Waals surface area (Å²) in [7, 11) is 0. The highest BCUT2D eigenvalue weighted by Gasteiger charge is 2.39. The highest BCUT2D eigenvalue weighted by Crippen LogP contribution is 2.31. The van der Waals surface area contributed by atoms with Crippen LogP contribution in [0.1, 0.15) is 12.0 Å². The number of benzene rings is 2. The monoisotopic (exact) mass is 498 g/mol. The van der Waals surface area contributed by atoms with Crippen LogP contribution in [0.3, 0.4) is 0 Å². The Morgan fingerprint density at radius 2 is 2.03 bits per heavy atom. The van der Waals surface area contributed by atoms with E-state index in [-0.39, 0.29) is 36.6 Å².